The molecule has 3 fully saturated rings. The molecule has 1 spiro atoms. The number of hydrogen-bond acceptors (Lipinski definition) is 3. The molecule has 0 bridgehead atoms. The van der Waals surface area contributed by atoms with Gasteiger partial charge in [0, 0.05) is 37.0 Å². The van der Waals surface area contributed by atoms with Crippen LogP contribution >= 0.6 is 11.6 Å². The van der Waals surface area contributed by atoms with Gasteiger partial charge in [-0.15, -0.1) is 0 Å². The van der Waals surface area contributed by atoms with Gasteiger partial charge in [0.1, 0.15) is 17.9 Å². The molecule has 3 saturated heterocycles. The lowest BCUT2D eigenvalue weighted by molar-refractivity contribution is -0.142. The lowest BCUT2D eigenvalue weighted by Gasteiger charge is -2.37. The normalized spacial score (nSPS) is 25.1. The minimum absolute atomic E-state index is 0.111. The second-order valence-electron chi connectivity index (χ2n) is 8.62. The molecule has 0 N–H and O–H groups in total. The van der Waals surface area contributed by atoms with Gasteiger partial charge in [0.25, 0.3) is 11.8 Å². The largest absolute Gasteiger partial charge is 0.342 e. The summed E-state index contributed by atoms with van der Waals surface area (Å²) in [7, 11) is 0. The van der Waals surface area contributed by atoms with Crippen LogP contribution in [0, 0.1) is 5.82 Å². The van der Waals surface area contributed by atoms with Crippen molar-refractivity contribution in [2.45, 2.75) is 50.5 Å². The van der Waals surface area contributed by atoms with Crippen LogP contribution in [0.25, 0.3) is 0 Å². The number of hydrogen-bond donors (Lipinski definition) is 0. The lowest BCUT2D eigenvalue weighted by atomic mass is 9.89. The Hall–Kier alpha value is -2.58. The number of amides is 2. The average molecular weight is 481 g/mol. The molecule has 33 heavy (non-hydrogen) atoms. The number of fused-ring (bicyclic) bond motifs is 1. The van der Waals surface area contributed by atoms with Gasteiger partial charge in [0.05, 0.1) is 17.4 Å². The maximum atomic E-state index is 14.1. The highest BCUT2D eigenvalue weighted by Gasteiger charge is 2.58. The first-order valence-corrected chi connectivity index (χ1v) is 11.1. The summed E-state index contributed by atoms with van der Waals surface area (Å²) in [5, 5.41) is 0.261. The summed E-state index contributed by atoms with van der Waals surface area (Å²) >= 11 is 5.90. The van der Waals surface area contributed by atoms with Crippen LogP contribution < -0.4 is 0 Å². The molecule has 0 aliphatic carbocycles. The summed E-state index contributed by atoms with van der Waals surface area (Å²) in [6.45, 7) is 5.46. The minimum atomic E-state index is -1.08. The van der Waals surface area contributed by atoms with Crippen LogP contribution in [-0.4, -0.2) is 52.6 Å². The van der Waals surface area contributed by atoms with Crippen LogP contribution in [0.5, 0.6) is 0 Å². The first-order chi connectivity index (χ1) is 15.6. The number of nitrogens with zero attached hydrogens (tertiary/aromatic N) is 2. The molecule has 0 saturated carbocycles. The second-order valence-corrected chi connectivity index (χ2v) is 9.06. The molecule has 176 valence electrons. The zero-order valence-corrected chi connectivity index (χ0v) is 18.9. The van der Waals surface area contributed by atoms with E-state index in [0.29, 0.717) is 18.4 Å². The van der Waals surface area contributed by atoms with E-state index < -0.39 is 41.2 Å². The second kappa shape index (κ2) is 8.99. The minimum Gasteiger partial charge on any atom is -0.342 e. The highest BCUT2D eigenvalue weighted by atomic mass is 35.5. The van der Waals surface area contributed by atoms with Crippen LogP contribution in [0.4, 0.5) is 13.2 Å². The number of piperidine rings is 1. The van der Waals surface area contributed by atoms with Gasteiger partial charge in [-0.3, -0.25) is 9.59 Å². The maximum Gasteiger partial charge on any atom is 0.257 e. The Morgan fingerprint density at radius 1 is 1.24 bits per heavy atom. The van der Waals surface area contributed by atoms with Crippen LogP contribution in [0.15, 0.2) is 54.2 Å². The zero-order chi connectivity index (χ0) is 23.9. The molecule has 4 rings (SSSR count). The van der Waals surface area contributed by atoms with E-state index in [1.165, 1.54) is 17.0 Å². The summed E-state index contributed by atoms with van der Waals surface area (Å²) in [6.07, 6.45) is 3.10. The first kappa shape index (κ1) is 23.6. The topological polar surface area (TPSA) is 49.9 Å². The molecule has 3 aliphatic heterocycles. The van der Waals surface area contributed by atoms with E-state index in [-0.39, 0.29) is 42.4 Å². The number of ether oxygens (including phenoxy) is 1. The quantitative estimate of drug-likeness (QED) is 0.564. The fourth-order valence-corrected chi connectivity index (χ4v) is 4.99. The third kappa shape index (κ3) is 4.46. The molecule has 1 aromatic rings. The van der Waals surface area contributed by atoms with E-state index in [1.54, 1.807) is 4.90 Å². The van der Waals surface area contributed by atoms with E-state index in [1.807, 2.05) is 0 Å². The highest BCUT2D eigenvalue weighted by Crippen LogP contribution is 2.44. The van der Waals surface area contributed by atoms with Gasteiger partial charge >= 0.3 is 0 Å². The summed E-state index contributed by atoms with van der Waals surface area (Å²) in [4.78, 5) is 29.2. The molecule has 5 nitrogen and oxygen atoms in total. The number of likely N-dealkylation sites (tertiary alicyclic amines) is 1. The van der Waals surface area contributed by atoms with Crippen molar-refractivity contribution in [1.29, 1.82) is 0 Å². The van der Waals surface area contributed by atoms with Crippen LogP contribution in [0.1, 0.15) is 43.0 Å². The average Bonchev–Trinajstić information content (AvgIpc) is 3.27. The molecule has 1 aromatic carbocycles. The van der Waals surface area contributed by atoms with Gasteiger partial charge in [-0.25, -0.2) is 13.2 Å². The summed E-state index contributed by atoms with van der Waals surface area (Å²) in [5.41, 5.74) is -0.823. The maximum absolute atomic E-state index is 14.1. The Kier molecular flexibility index (Phi) is 6.42. The standard InChI is InChI=1S/C24H24ClF3N2O3/c1-14(11-17(27)12-15(2)26)20-5-6-21-30(20)23(32)24(33-21)7-9-29(10-8-24)22(31)18-13-16(25)3-4-19(18)28/h3-4,11-13,20-21H,1,5-10H2,2H3/b15-12+,17-11+/t20-,21+/m0/s1. The number of halogens is 4. The smallest absolute Gasteiger partial charge is 0.257 e. The fraction of sp³-hybridized carbons (Fsp3) is 0.417. The van der Waals surface area contributed by atoms with Crippen LogP contribution in [0.3, 0.4) is 0 Å². The van der Waals surface area contributed by atoms with E-state index in [4.69, 9.17) is 16.3 Å². The van der Waals surface area contributed by atoms with E-state index >= 15 is 0 Å². The van der Waals surface area contributed by atoms with Crippen molar-refractivity contribution in [1.82, 2.24) is 9.80 Å². The molecule has 0 unspecified atom stereocenters. The van der Waals surface area contributed by atoms with Gasteiger partial charge in [-0.2, -0.15) is 0 Å². The predicted octanol–water partition coefficient (Wildman–Crippen LogP) is 5.08. The number of rotatable bonds is 4. The molecule has 9 heteroatoms. The number of carbonyl (C=O) groups is 2. The monoisotopic (exact) mass is 480 g/mol. The van der Waals surface area contributed by atoms with Gasteiger partial charge < -0.3 is 14.5 Å². The lowest BCUT2D eigenvalue weighted by Crippen LogP contribution is -2.52. The molecular weight excluding hydrogens is 457 g/mol. The van der Waals surface area contributed by atoms with Crippen molar-refractivity contribution >= 4 is 23.4 Å². The Morgan fingerprint density at radius 2 is 1.94 bits per heavy atom. The predicted molar refractivity (Wildman–Crippen MR) is 117 cm³/mol. The first-order valence-electron chi connectivity index (χ1n) is 10.8. The molecule has 2 amide bonds. The van der Waals surface area contributed by atoms with Crippen molar-refractivity contribution in [2.75, 3.05) is 13.1 Å². The van der Waals surface area contributed by atoms with Crippen molar-refractivity contribution in [3.8, 4) is 0 Å². The highest BCUT2D eigenvalue weighted by molar-refractivity contribution is 6.31. The van der Waals surface area contributed by atoms with Crippen molar-refractivity contribution < 1.29 is 27.5 Å². The number of benzene rings is 1. The summed E-state index contributed by atoms with van der Waals surface area (Å²) in [6, 6.07) is 3.37. The Balaban J connectivity index is 1.45. The molecule has 3 aliphatic rings. The summed E-state index contributed by atoms with van der Waals surface area (Å²) in [5.74, 6) is -2.80. The molecule has 0 radical (unpaired) electrons. The third-order valence-electron chi connectivity index (χ3n) is 6.42. The van der Waals surface area contributed by atoms with Gasteiger partial charge in [-0.05, 0) is 49.6 Å². The molecule has 2 atom stereocenters. The zero-order valence-electron chi connectivity index (χ0n) is 18.1. The van der Waals surface area contributed by atoms with E-state index in [0.717, 1.165) is 25.1 Å². The SMILES string of the molecule is C=C(/C=C(F)\C=C(/C)F)[C@@H]1CC[C@H]2OC3(CCN(C(=O)c4cc(Cl)ccc4F)CC3)C(=O)N21. The fourth-order valence-electron chi connectivity index (χ4n) is 4.82. The van der Waals surface area contributed by atoms with Crippen LogP contribution in [0.2, 0.25) is 5.02 Å². The third-order valence-corrected chi connectivity index (χ3v) is 6.66. The number of carbonyl (C=O) groups excluding carboxylic acids is 2. The molecular formula is C24H24ClF3N2O3. The van der Waals surface area contributed by atoms with E-state index in [9.17, 15) is 22.8 Å². The van der Waals surface area contributed by atoms with Gasteiger partial charge in [0.15, 0.2) is 5.60 Å². The Morgan fingerprint density at radius 3 is 2.61 bits per heavy atom. The van der Waals surface area contributed by atoms with Crippen LogP contribution in [-0.2, 0) is 9.53 Å². The molecule has 0 aromatic heterocycles. The van der Waals surface area contributed by atoms with Crippen molar-refractivity contribution in [3.63, 3.8) is 0 Å². The summed E-state index contributed by atoms with van der Waals surface area (Å²) < 4.78 is 47.2. The van der Waals surface area contributed by atoms with Crippen molar-refractivity contribution in [3.05, 3.63) is 70.6 Å². The molecule has 3 heterocycles. The van der Waals surface area contributed by atoms with Gasteiger partial charge in [0.2, 0.25) is 0 Å². The Labute approximate surface area is 195 Å². The number of allylic oxidation sites excluding steroid dienone is 3. The van der Waals surface area contributed by atoms with Gasteiger partial charge in [-0.1, -0.05) is 18.2 Å². The van der Waals surface area contributed by atoms with Crippen molar-refractivity contribution in [2.24, 2.45) is 0 Å². The Bertz CT molecular complexity index is 1060. The van der Waals surface area contributed by atoms with E-state index in [2.05, 4.69) is 6.58 Å².